The van der Waals surface area contributed by atoms with Gasteiger partial charge in [0.2, 0.25) is 0 Å². The molecule has 11 heteroatoms. The lowest BCUT2D eigenvalue weighted by Crippen LogP contribution is -2.25. The normalized spacial score (nSPS) is 11.5. The smallest absolute Gasteiger partial charge is 0.370 e. The van der Waals surface area contributed by atoms with Crippen LogP contribution in [0.15, 0.2) is 23.2 Å². The maximum Gasteiger partial charge on any atom is 0.417 e. The topological polar surface area (TPSA) is 81.5 Å². The van der Waals surface area contributed by atoms with Crippen molar-refractivity contribution in [1.82, 2.24) is 0 Å². The van der Waals surface area contributed by atoms with Crippen LogP contribution in [-0.4, -0.2) is 11.9 Å². The number of amides is 1. The Kier molecular flexibility index (Phi) is 5.62. The van der Waals surface area contributed by atoms with Gasteiger partial charge >= 0.3 is 12.4 Å². The maximum absolute atomic E-state index is 12.6. The summed E-state index contributed by atoms with van der Waals surface area (Å²) in [6.45, 7) is 0. The van der Waals surface area contributed by atoms with Crippen LogP contribution < -0.4 is 11.5 Å². The Morgan fingerprint density at radius 2 is 1.52 bits per heavy atom. The molecule has 0 spiro atoms. The fourth-order valence-corrected chi connectivity index (χ4v) is 1.32. The van der Waals surface area contributed by atoms with Crippen LogP contribution in [0.2, 0.25) is 0 Å². The number of halogens is 7. The first-order valence-electron chi connectivity index (χ1n) is 4.85. The van der Waals surface area contributed by atoms with Crippen LogP contribution in [-0.2, 0) is 12.4 Å². The number of hydrogen-bond donors (Lipinski definition) is 2. The lowest BCUT2D eigenvalue weighted by atomic mass is 10.0. The molecule has 0 heterocycles. The molecule has 0 atom stereocenters. The SMILES string of the molecule is Cl.NC(N)=NC(=O)c1cc(C(F)(F)F)ccc1C(F)(F)F. The fraction of sp³-hybridized carbons (Fsp3) is 0.200. The van der Waals surface area contributed by atoms with Crippen molar-refractivity contribution in [1.29, 1.82) is 0 Å². The molecule has 0 bridgehead atoms. The summed E-state index contributed by atoms with van der Waals surface area (Å²) in [6, 6.07) is 0.422. The Bertz CT molecular complexity index is 563. The number of nitrogens with two attached hydrogens (primary N) is 2. The van der Waals surface area contributed by atoms with Crippen LogP contribution in [0.3, 0.4) is 0 Å². The molecular weight excluding hydrogens is 328 g/mol. The van der Waals surface area contributed by atoms with Crippen molar-refractivity contribution < 1.29 is 31.1 Å². The Hall–Kier alpha value is -1.97. The number of nitrogens with zero attached hydrogens (tertiary/aromatic N) is 1. The molecule has 1 aromatic rings. The number of benzene rings is 1. The highest BCUT2D eigenvalue weighted by molar-refractivity contribution is 6.03. The van der Waals surface area contributed by atoms with Crippen LogP contribution >= 0.6 is 12.4 Å². The molecule has 0 unspecified atom stereocenters. The maximum atomic E-state index is 12.6. The molecule has 0 fully saturated rings. The van der Waals surface area contributed by atoms with Crippen LogP contribution in [0.25, 0.3) is 0 Å². The lowest BCUT2D eigenvalue weighted by molar-refractivity contribution is -0.141. The summed E-state index contributed by atoms with van der Waals surface area (Å²) in [6.07, 6.45) is -9.93. The van der Waals surface area contributed by atoms with Gasteiger partial charge in [-0.1, -0.05) is 0 Å². The van der Waals surface area contributed by atoms with E-state index < -0.39 is 40.9 Å². The summed E-state index contributed by atoms with van der Waals surface area (Å²) in [5.74, 6) is -2.47. The number of carbonyl (C=O) groups excluding carboxylic acids is 1. The molecule has 0 aromatic heterocycles. The zero-order valence-corrected chi connectivity index (χ0v) is 10.7. The summed E-state index contributed by atoms with van der Waals surface area (Å²) >= 11 is 0. The van der Waals surface area contributed by atoms with Gasteiger partial charge in [0.05, 0.1) is 16.7 Å². The van der Waals surface area contributed by atoms with E-state index >= 15 is 0 Å². The van der Waals surface area contributed by atoms with E-state index in [9.17, 15) is 31.1 Å². The highest BCUT2D eigenvalue weighted by Crippen LogP contribution is 2.36. The minimum Gasteiger partial charge on any atom is -0.370 e. The standard InChI is InChI=1S/C10H7F6N3O.ClH/c11-9(12,13)4-1-2-6(10(14,15)16)5(3-4)7(20)19-8(17)18;/h1-3H,(H4,17,18,19,20);1H. The summed E-state index contributed by atoms with van der Waals surface area (Å²) in [7, 11) is 0. The summed E-state index contributed by atoms with van der Waals surface area (Å²) < 4.78 is 75.2. The van der Waals surface area contributed by atoms with E-state index in [1.165, 1.54) is 0 Å². The molecule has 0 aliphatic heterocycles. The Morgan fingerprint density at radius 3 is 1.90 bits per heavy atom. The van der Waals surface area contributed by atoms with Gasteiger partial charge < -0.3 is 11.5 Å². The minimum atomic E-state index is -5.02. The van der Waals surface area contributed by atoms with Crippen molar-refractivity contribution in [3.05, 3.63) is 34.9 Å². The molecule has 4 N–H and O–H groups in total. The quantitative estimate of drug-likeness (QED) is 0.470. The van der Waals surface area contributed by atoms with Gasteiger partial charge in [-0.15, -0.1) is 12.4 Å². The van der Waals surface area contributed by atoms with Gasteiger partial charge in [-0.25, -0.2) is 0 Å². The van der Waals surface area contributed by atoms with Crippen LogP contribution in [0.4, 0.5) is 26.3 Å². The van der Waals surface area contributed by atoms with Gasteiger partial charge in [-0.05, 0) is 18.2 Å². The second kappa shape index (κ2) is 6.20. The van der Waals surface area contributed by atoms with E-state index in [1.807, 2.05) is 0 Å². The van der Waals surface area contributed by atoms with Gasteiger partial charge in [0.15, 0.2) is 5.96 Å². The summed E-state index contributed by atoms with van der Waals surface area (Å²) in [4.78, 5) is 14.2. The second-order valence-corrected chi connectivity index (χ2v) is 3.60. The predicted molar refractivity (Wildman–Crippen MR) is 63.8 cm³/mol. The average Bonchev–Trinajstić information content (AvgIpc) is 2.24. The molecule has 0 aliphatic rings. The number of aliphatic imine (C=N–C) groups is 1. The number of hydrogen-bond acceptors (Lipinski definition) is 1. The highest BCUT2D eigenvalue weighted by atomic mass is 35.5. The van der Waals surface area contributed by atoms with Gasteiger partial charge in [0.1, 0.15) is 0 Å². The Balaban J connectivity index is 0.00000400. The average molecular weight is 336 g/mol. The van der Waals surface area contributed by atoms with Crippen molar-refractivity contribution in [3.63, 3.8) is 0 Å². The third kappa shape index (κ3) is 4.81. The minimum absolute atomic E-state index is 0. The van der Waals surface area contributed by atoms with Crippen molar-refractivity contribution in [2.75, 3.05) is 0 Å². The number of carbonyl (C=O) groups is 1. The van der Waals surface area contributed by atoms with Crippen molar-refractivity contribution in [2.24, 2.45) is 16.5 Å². The monoisotopic (exact) mass is 335 g/mol. The molecule has 0 saturated heterocycles. The first-order chi connectivity index (χ1) is 8.93. The number of guanidine groups is 1. The van der Waals surface area contributed by atoms with Gasteiger partial charge in [-0.3, -0.25) is 4.79 Å². The third-order valence-electron chi connectivity index (χ3n) is 2.11. The zero-order valence-electron chi connectivity index (χ0n) is 9.92. The van der Waals surface area contributed by atoms with E-state index in [-0.39, 0.29) is 30.6 Å². The van der Waals surface area contributed by atoms with Crippen molar-refractivity contribution in [2.45, 2.75) is 12.4 Å². The van der Waals surface area contributed by atoms with Crippen LogP contribution in [0.1, 0.15) is 21.5 Å². The molecule has 4 nitrogen and oxygen atoms in total. The molecule has 1 rings (SSSR count). The first kappa shape index (κ1) is 19.0. The number of rotatable bonds is 1. The second-order valence-electron chi connectivity index (χ2n) is 3.60. The van der Waals surface area contributed by atoms with E-state index in [1.54, 1.807) is 0 Å². The molecule has 118 valence electrons. The highest BCUT2D eigenvalue weighted by Gasteiger charge is 2.38. The molecule has 0 radical (unpaired) electrons. The Morgan fingerprint density at radius 1 is 1.00 bits per heavy atom. The summed E-state index contributed by atoms with van der Waals surface area (Å²) in [5.41, 5.74) is 5.39. The fourth-order valence-electron chi connectivity index (χ4n) is 1.32. The molecule has 1 amide bonds. The van der Waals surface area contributed by atoms with E-state index in [2.05, 4.69) is 4.99 Å². The van der Waals surface area contributed by atoms with Crippen LogP contribution in [0.5, 0.6) is 0 Å². The molecular formula is C10H8ClF6N3O. The van der Waals surface area contributed by atoms with Crippen molar-refractivity contribution >= 4 is 24.3 Å². The van der Waals surface area contributed by atoms with Crippen LogP contribution in [0, 0.1) is 0 Å². The van der Waals surface area contributed by atoms with E-state index in [4.69, 9.17) is 11.5 Å². The third-order valence-corrected chi connectivity index (χ3v) is 2.11. The van der Waals surface area contributed by atoms with Gasteiger partial charge in [0, 0.05) is 0 Å². The largest absolute Gasteiger partial charge is 0.417 e. The lowest BCUT2D eigenvalue weighted by Gasteiger charge is -2.13. The molecule has 0 saturated carbocycles. The summed E-state index contributed by atoms with van der Waals surface area (Å²) in [5, 5.41) is 0. The zero-order chi connectivity index (χ0) is 15.7. The first-order valence-corrected chi connectivity index (χ1v) is 4.85. The predicted octanol–water partition coefficient (Wildman–Crippen LogP) is 2.56. The molecule has 0 aliphatic carbocycles. The molecule has 1 aromatic carbocycles. The van der Waals surface area contributed by atoms with Gasteiger partial charge in [0.25, 0.3) is 5.91 Å². The van der Waals surface area contributed by atoms with E-state index in [0.29, 0.717) is 0 Å². The Labute approximate surface area is 120 Å². The van der Waals surface area contributed by atoms with E-state index in [0.717, 1.165) is 0 Å². The van der Waals surface area contributed by atoms with Gasteiger partial charge in [-0.2, -0.15) is 31.3 Å². The molecule has 21 heavy (non-hydrogen) atoms. The number of alkyl halides is 6. The van der Waals surface area contributed by atoms with Crippen molar-refractivity contribution in [3.8, 4) is 0 Å².